The average molecular weight is 463 g/mol. The van der Waals surface area contributed by atoms with Crippen molar-refractivity contribution < 1.29 is 22.7 Å². The Morgan fingerprint density at radius 1 is 1.15 bits per heavy atom. The van der Waals surface area contributed by atoms with Crippen molar-refractivity contribution in [3.05, 3.63) is 58.7 Å². The molecule has 3 rings (SSSR count). The summed E-state index contributed by atoms with van der Waals surface area (Å²) in [5.41, 5.74) is 6.32. The minimum absolute atomic E-state index is 0.0359. The Kier molecular flexibility index (Phi) is 7.84. The monoisotopic (exact) mass is 462 g/mol. The molecule has 0 spiro atoms. The fourth-order valence-corrected chi connectivity index (χ4v) is 3.96. The van der Waals surface area contributed by atoms with Gasteiger partial charge in [-0.15, -0.1) is 0 Å². The lowest BCUT2D eigenvalue weighted by molar-refractivity contribution is -0.137. The molecule has 1 fully saturated rings. The summed E-state index contributed by atoms with van der Waals surface area (Å²) in [7, 11) is 0. The molecule has 2 aromatic rings. The van der Waals surface area contributed by atoms with Crippen LogP contribution in [0.1, 0.15) is 59.2 Å². The number of ether oxygens (including phenoxy) is 1. The van der Waals surface area contributed by atoms with Crippen LogP contribution in [0.4, 0.5) is 18.9 Å². The first-order chi connectivity index (χ1) is 15.6. The standard InChI is InChI=1S/C24H29F3N4O2/c1-15-9-17(11-19(10-15)24(25,26)27)13-30-23(29)31-20-8-7-18(22(28)32)12-21(20)33-14-16-5-3-2-4-6-16/h7-12,16H,2-6,13-14H2,1H3,(H2,28,32)(H3,29,30,31). The van der Waals surface area contributed by atoms with Crippen LogP contribution in [0.2, 0.25) is 0 Å². The zero-order valence-corrected chi connectivity index (χ0v) is 18.5. The van der Waals surface area contributed by atoms with Gasteiger partial charge >= 0.3 is 6.18 Å². The van der Waals surface area contributed by atoms with Crippen LogP contribution in [0.3, 0.4) is 0 Å². The van der Waals surface area contributed by atoms with E-state index >= 15 is 0 Å². The normalized spacial score (nSPS) is 14.5. The van der Waals surface area contributed by atoms with E-state index in [1.54, 1.807) is 19.1 Å². The number of hydrogen-bond donors (Lipinski definition) is 4. The van der Waals surface area contributed by atoms with Crippen LogP contribution in [0.15, 0.2) is 36.4 Å². The number of carbonyl (C=O) groups is 1. The Morgan fingerprint density at radius 3 is 2.55 bits per heavy atom. The van der Waals surface area contributed by atoms with E-state index in [0.29, 0.717) is 35.1 Å². The molecule has 1 aliphatic rings. The molecule has 1 amide bonds. The van der Waals surface area contributed by atoms with E-state index in [0.717, 1.165) is 25.0 Å². The van der Waals surface area contributed by atoms with Gasteiger partial charge in [-0.1, -0.05) is 30.9 Å². The minimum Gasteiger partial charge on any atom is -0.491 e. The van der Waals surface area contributed by atoms with Gasteiger partial charge in [0.1, 0.15) is 5.75 Å². The van der Waals surface area contributed by atoms with E-state index in [1.165, 1.54) is 31.4 Å². The van der Waals surface area contributed by atoms with Crippen LogP contribution in [0, 0.1) is 18.3 Å². The Morgan fingerprint density at radius 2 is 1.88 bits per heavy atom. The minimum atomic E-state index is -4.43. The first-order valence-electron chi connectivity index (χ1n) is 11.0. The zero-order valence-electron chi connectivity index (χ0n) is 18.5. The third-order valence-corrected chi connectivity index (χ3v) is 5.66. The number of nitrogens with two attached hydrogens (primary N) is 1. The van der Waals surface area contributed by atoms with Crippen molar-refractivity contribution in [2.45, 2.75) is 51.7 Å². The maximum absolute atomic E-state index is 13.1. The molecule has 0 aromatic heterocycles. The van der Waals surface area contributed by atoms with Crippen molar-refractivity contribution in [2.24, 2.45) is 11.7 Å². The lowest BCUT2D eigenvalue weighted by Crippen LogP contribution is -2.29. The molecule has 0 bridgehead atoms. The summed E-state index contributed by atoms with van der Waals surface area (Å²) >= 11 is 0. The van der Waals surface area contributed by atoms with Crippen LogP contribution in [-0.4, -0.2) is 18.5 Å². The number of carbonyl (C=O) groups excluding carboxylic acids is 1. The van der Waals surface area contributed by atoms with Gasteiger partial charge in [-0.2, -0.15) is 13.2 Å². The Balaban J connectivity index is 1.67. The number of anilines is 1. The van der Waals surface area contributed by atoms with Gasteiger partial charge in [-0.3, -0.25) is 10.2 Å². The molecule has 0 unspecified atom stereocenters. The Labute approximate surface area is 191 Å². The summed E-state index contributed by atoms with van der Waals surface area (Å²) in [6.45, 7) is 2.13. The lowest BCUT2D eigenvalue weighted by Gasteiger charge is -2.23. The molecule has 178 valence electrons. The van der Waals surface area contributed by atoms with Crippen molar-refractivity contribution in [1.29, 1.82) is 5.41 Å². The van der Waals surface area contributed by atoms with Crippen molar-refractivity contribution in [3.63, 3.8) is 0 Å². The predicted octanol–water partition coefficient (Wildman–Crippen LogP) is 5.21. The molecule has 0 aliphatic heterocycles. The fraction of sp³-hybridized carbons (Fsp3) is 0.417. The Bertz CT molecular complexity index is 1000. The number of alkyl halides is 3. The average Bonchev–Trinajstić information content (AvgIpc) is 2.76. The summed E-state index contributed by atoms with van der Waals surface area (Å²) in [6, 6.07) is 8.45. The van der Waals surface area contributed by atoms with Gasteiger partial charge in [0.05, 0.1) is 17.9 Å². The molecule has 2 aromatic carbocycles. The number of rotatable bonds is 7. The molecule has 6 nitrogen and oxygen atoms in total. The SMILES string of the molecule is Cc1cc(CNC(=N)Nc2ccc(C(N)=O)cc2OCC2CCCCC2)cc(C(F)(F)F)c1. The van der Waals surface area contributed by atoms with Gasteiger partial charge in [0.25, 0.3) is 0 Å². The van der Waals surface area contributed by atoms with Crippen LogP contribution in [0.5, 0.6) is 5.75 Å². The highest BCUT2D eigenvalue weighted by Gasteiger charge is 2.30. The number of primary amides is 1. The smallest absolute Gasteiger partial charge is 0.416 e. The molecule has 0 atom stereocenters. The van der Waals surface area contributed by atoms with Gasteiger partial charge in [0, 0.05) is 12.1 Å². The first-order valence-corrected chi connectivity index (χ1v) is 11.0. The molecule has 9 heteroatoms. The van der Waals surface area contributed by atoms with E-state index in [1.807, 2.05) is 0 Å². The third-order valence-electron chi connectivity index (χ3n) is 5.66. The maximum atomic E-state index is 13.1. The highest BCUT2D eigenvalue weighted by atomic mass is 19.4. The quantitative estimate of drug-likeness (QED) is 0.335. The van der Waals surface area contributed by atoms with E-state index in [4.69, 9.17) is 15.9 Å². The molecule has 0 saturated heterocycles. The van der Waals surface area contributed by atoms with Crippen LogP contribution >= 0.6 is 0 Å². The molecule has 0 heterocycles. The third kappa shape index (κ3) is 7.13. The lowest BCUT2D eigenvalue weighted by atomic mass is 9.90. The van der Waals surface area contributed by atoms with Crippen molar-refractivity contribution in [1.82, 2.24) is 5.32 Å². The Hall–Kier alpha value is -3.23. The highest BCUT2D eigenvalue weighted by Crippen LogP contribution is 2.31. The van der Waals surface area contributed by atoms with Crippen molar-refractivity contribution in [2.75, 3.05) is 11.9 Å². The molecule has 1 saturated carbocycles. The fourth-order valence-electron chi connectivity index (χ4n) is 3.96. The van der Waals surface area contributed by atoms with Gasteiger partial charge in [0.15, 0.2) is 5.96 Å². The largest absolute Gasteiger partial charge is 0.491 e. The number of hydrogen-bond acceptors (Lipinski definition) is 3. The molecular weight excluding hydrogens is 433 g/mol. The second-order valence-corrected chi connectivity index (χ2v) is 8.45. The van der Waals surface area contributed by atoms with E-state index < -0.39 is 17.6 Å². The molecule has 33 heavy (non-hydrogen) atoms. The zero-order chi connectivity index (χ0) is 24.0. The highest BCUT2D eigenvalue weighted by molar-refractivity contribution is 5.96. The van der Waals surface area contributed by atoms with E-state index in [-0.39, 0.29) is 18.1 Å². The summed E-state index contributed by atoms with van der Waals surface area (Å²) in [5.74, 6) is 0.139. The van der Waals surface area contributed by atoms with Gasteiger partial charge < -0.3 is 21.1 Å². The number of guanidine groups is 1. The van der Waals surface area contributed by atoms with Crippen LogP contribution < -0.4 is 21.1 Å². The summed E-state index contributed by atoms with van der Waals surface area (Å²) < 4.78 is 45.1. The summed E-state index contributed by atoms with van der Waals surface area (Å²) in [4.78, 5) is 11.6. The molecular formula is C24H29F3N4O2. The van der Waals surface area contributed by atoms with Crippen molar-refractivity contribution >= 4 is 17.6 Å². The van der Waals surface area contributed by atoms with E-state index in [2.05, 4.69) is 10.6 Å². The number of halogens is 3. The van der Waals surface area contributed by atoms with Crippen molar-refractivity contribution in [3.8, 4) is 5.75 Å². The molecule has 1 aliphatic carbocycles. The second kappa shape index (κ2) is 10.6. The topological polar surface area (TPSA) is 100 Å². The number of benzene rings is 2. The molecule has 0 radical (unpaired) electrons. The van der Waals surface area contributed by atoms with Gasteiger partial charge in [0.2, 0.25) is 5.91 Å². The number of amides is 1. The van der Waals surface area contributed by atoms with E-state index in [9.17, 15) is 18.0 Å². The maximum Gasteiger partial charge on any atom is 0.416 e. The van der Waals surface area contributed by atoms with Crippen LogP contribution in [-0.2, 0) is 12.7 Å². The summed E-state index contributed by atoms with van der Waals surface area (Å²) in [5, 5.41) is 13.8. The van der Waals surface area contributed by atoms with Gasteiger partial charge in [-0.25, -0.2) is 0 Å². The van der Waals surface area contributed by atoms with Gasteiger partial charge in [-0.05, 0) is 61.6 Å². The summed E-state index contributed by atoms with van der Waals surface area (Å²) in [6.07, 6.45) is 1.32. The second-order valence-electron chi connectivity index (χ2n) is 8.45. The predicted molar refractivity (Wildman–Crippen MR) is 121 cm³/mol. The first kappa shape index (κ1) is 24.4. The van der Waals surface area contributed by atoms with Crippen LogP contribution in [0.25, 0.3) is 0 Å². The number of aryl methyl sites for hydroxylation is 1. The molecule has 5 N–H and O–H groups in total. The number of nitrogens with one attached hydrogen (secondary N) is 3.